The van der Waals surface area contributed by atoms with E-state index in [1.165, 1.54) is 64.2 Å². The highest BCUT2D eigenvalue weighted by molar-refractivity contribution is 5.88. The molecule has 2 fully saturated rings. The van der Waals surface area contributed by atoms with Crippen LogP contribution < -0.4 is 0 Å². The van der Waals surface area contributed by atoms with E-state index in [4.69, 9.17) is 9.47 Å². The number of rotatable bonds is 16. The SMILES string of the molecule is C=C(C)C(=O)OCC(CCCC)(COC(=O)C(=C)CO)C1CCC(C2CCC(CCCCC)CC2)CC1. The summed E-state index contributed by atoms with van der Waals surface area (Å²) in [5, 5.41) is 9.31. The molecule has 1 unspecified atom stereocenters. The van der Waals surface area contributed by atoms with Crippen LogP contribution in [0.1, 0.15) is 117 Å². The molecule has 37 heavy (non-hydrogen) atoms. The lowest BCUT2D eigenvalue weighted by atomic mass is 9.62. The van der Waals surface area contributed by atoms with Crippen molar-refractivity contribution in [1.29, 1.82) is 0 Å². The largest absolute Gasteiger partial charge is 0.462 e. The molecular weight excluding hydrogens is 464 g/mol. The van der Waals surface area contributed by atoms with Crippen LogP contribution in [0.2, 0.25) is 0 Å². The fourth-order valence-electron chi connectivity index (χ4n) is 6.70. The van der Waals surface area contributed by atoms with E-state index < -0.39 is 24.0 Å². The van der Waals surface area contributed by atoms with Crippen molar-refractivity contribution in [1.82, 2.24) is 0 Å². The van der Waals surface area contributed by atoms with Gasteiger partial charge < -0.3 is 14.6 Å². The molecule has 0 aromatic carbocycles. The van der Waals surface area contributed by atoms with E-state index in [-0.39, 0.29) is 18.8 Å². The maximum absolute atomic E-state index is 12.4. The maximum atomic E-state index is 12.4. The topological polar surface area (TPSA) is 72.8 Å². The predicted molar refractivity (Wildman–Crippen MR) is 150 cm³/mol. The zero-order chi connectivity index (χ0) is 27.3. The molecule has 5 heteroatoms. The lowest BCUT2D eigenvalue weighted by molar-refractivity contribution is -0.155. The zero-order valence-corrected chi connectivity index (χ0v) is 24.0. The van der Waals surface area contributed by atoms with Crippen LogP contribution in [0.3, 0.4) is 0 Å². The molecule has 5 nitrogen and oxygen atoms in total. The van der Waals surface area contributed by atoms with Crippen LogP contribution in [0.4, 0.5) is 0 Å². The predicted octanol–water partition coefficient (Wildman–Crippen LogP) is 7.57. The quantitative estimate of drug-likeness (QED) is 0.130. The van der Waals surface area contributed by atoms with E-state index in [9.17, 15) is 14.7 Å². The van der Waals surface area contributed by atoms with Crippen molar-refractivity contribution in [3.63, 3.8) is 0 Å². The molecule has 0 saturated heterocycles. The summed E-state index contributed by atoms with van der Waals surface area (Å²) in [6.07, 6.45) is 18.4. The molecule has 1 atom stereocenters. The first-order valence-electron chi connectivity index (χ1n) is 15.0. The molecule has 0 aromatic rings. The molecule has 2 aliphatic carbocycles. The Morgan fingerprint density at radius 3 is 1.86 bits per heavy atom. The standard InChI is InChI=1S/C32H54O5/c1-6-8-10-11-26-12-14-27(15-13-26)28-16-18-29(19-17-28)32(20-9-7-2,22-36-30(34)24(3)4)23-37-31(35)25(5)21-33/h26-29,33H,3,5-23H2,1-2,4H3. The fraction of sp³-hybridized carbons (Fsp3) is 0.812. The Morgan fingerprint density at radius 2 is 1.35 bits per heavy atom. The lowest BCUT2D eigenvalue weighted by Gasteiger charge is -2.45. The van der Waals surface area contributed by atoms with Gasteiger partial charge in [-0.25, -0.2) is 9.59 Å². The molecule has 2 rings (SSSR count). The minimum absolute atomic E-state index is 0.0531. The number of aliphatic hydroxyl groups is 1. The van der Waals surface area contributed by atoms with Crippen molar-refractivity contribution in [3.8, 4) is 0 Å². The van der Waals surface area contributed by atoms with E-state index in [0.29, 0.717) is 11.5 Å². The second kappa shape index (κ2) is 16.4. The van der Waals surface area contributed by atoms with Crippen LogP contribution in [0, 0.1) is 29.1 Å². The minimum atomic E-state index is -0.570. The summed E-state index contributed by atoms with van der Waals surface area (Å²) in [6, 6.07) is 0. The first kappa shape index (κ1) is 31.6. The van der Waals surface area contributed by atoms with E-state index in [2.05, 4.69) is 27.0 Å². The molecule has 0 amide bonds. The Hall–Kier alpha value is -1.62. The number of unbranched alkanes of at least 4 members (excludes halogenated alkanes) is 3. The molecule has 2 aliphatic rings. The first-order valence-corrected chi connectivity index (χ1v) is 15.0. The van der Waals surface area contributed by atoms with Crippen molar-refractivity contribution in [3.05, 3.63) is 24.3 Å². The van der Waals surface area contributed by atoms with Crippen LogP contribution in [0.25, 0.3) is 0 Å². The summed E-state index contributed by atoms with van der Waals surface area (Å²) in [4.78, 5) is 24.7. The summed E-state index contributed by atoms with van der Waals surface area (Å²) in [5.74, 6) is 1.93. The van der Waals surface area contributed by atoms with Crippen LogP contribution in [-0.2, 0) is 19.1 Å². The van der Waals surface area contributed by atoms with Gasteiger partial charge in [-0.15, -0.1) is 0 Å². The smallest absolute Gasteiger partial charge is 0.335 e. The number of carbonyl (C=O) groups excluding carboxylic acids is 2. The second-order valence-corrected chi connectivity index (χ2v) is 12.0. The van der Waals surface area contributed by atoms with E-state index in [1.807, 2.05) is 0 Å². The number of ether oxygens (including phenoxy) is 2. The van der Waals surface area contributed by atoms with Gasteiger partial charge >= 0.3 is 11.9 Å². The molecule has 0 spiro atoms. The summed E-state index contributed by atoms with van der Waals surface area (Å²) < 4.78 is 11.4. The Bertz CT molecular complexity index is 727. The third-order valence-electron chi connectivity index (χ3n) is 9.25. The first-order chi connectivity index (χ1) is 17.8. The molecule has 212 valence electrons. The van der Waals surface area contributed by atoms with Gasteiger partial charge in [-0.3, -0.25) is 0 Å². The molecular formula is C32H54O5. The van der Waals surface area contributed by atoms with Crippen molar-refractivity contribution < 1.29 is 24.2 Å². The average molecular weight is 519 g/mol. The Labute approximate surface area is 226 Å². The highest BCUT2D eigenvalue weighted by Gasteiger charge is 2.44. The lowest BCUT2D eigenvalue weighted by Crippen LogP contribution is -2.43. The van der Waals surface area contributed by atoms with Gasteiger partial charge in [0.25, 0.3) is 0 Å². The Balaban J connectivity index is 2.05. The molecule has 1 N–H and O–H groups in total. The Kier molecular flexibility index (Phi) is 14.0. The molecule has 0 aromatic heterocycles. The monoisotopic (exact) mass is 518 g/mol. The Morgan fingerprint density at radius 1 is 0.811 bits per heavy atom. The molecule has 0 aliphatic heterocycles. The summed E-state index contributed by atoms with van der Waals surface area (Å²) in [5.41, 5.74) is 0.00963. The number of esters is 2. The van der Waals surface area contributed by atoms with Gasteiger partial charge in [0.2, 0.25) is 0 Å². The highest BCUT2D eigenvalue weighted by Crippen LogP contribution is 2.48. The van der Waals surface area contributed by atoms with Gasteiger partial charge in [0.1, 0.15) is 13.2 Å². The highest BCUT2D eigenvalue weighted by atomic mass is 16.5. The third kappa shape index (κ3) is 9.89. The van der Waals surface area contributed by atoms with Crippen molar-refractivity contribution in [2.75, 3.05) is 19.8 Å². The van der Waals surface area contributed by atoms with Gasteiger partial charge in [0.15, 0.2) is 0 Å². The van der Waals surface area contributed by atoms with Crippen molar-refractivity contribution >= 4 is 11.9 Å². The van der Waals surface area contributed by atoms with Gasteiger partial charge in [0, 0.05) is 11.0 Å². The van der Waals surface area contributed by atoms with Gasteiger partial charge in [-0.2, -0.15) is 0 Å². The second-order valence-electron chi connectivity index (χ2n) is 12.0. The van der Waals surface area contributed by atoms with Crippen LogP contribution in [0.5, 0.6) is 0 Å². The number of aliphatic hydroxyl groups excluding tert-OH is 1. The molecule has 0 heterocycles. The molecule has 0 radical (unpaired) electrons. The maximum Gasteiger partial charge on any atom is 0.335 e. The summed E-state index contributed by atoms with van der Waals surface area (Å²) in [7, 11) is 0. The minimum Gasteiger partial charge on any atom is -0.462 e. The van der Waals surface area contributed by atoms with Gasteiger partial charge in [-0.05, 0) is 75.5 Å². The van der Waals surface area contributed by atoms with Crippen LogP contribution in [0.15, 0.2) is 24.3 Å². The van der Waals surface area contributed by atoms with E-state index in [1.54, 1.807) is 6.92 Å². The van der Waals surface area contributed by atoms with Gasteiger partial charge in [0.05, 0.1) is 12.2 Å². The summed E-state index contributed by atoms with van der Waals surface area (Å²) >= 11 is 0. The number of hydrogen-bond acceptors (Lipinski definition) is 5. The average Bonchev–Trinajstić information content (AvgIpc) is 2.92. The van der Waals surface area contributed by atoms with Gasteiger partial charge in [-0.1, -0.05) is 78.4 Å². The number of hydrogen-bond donors (Lipinski definition) is 1. The third-order valence-corrected chi connectivity index (χ3v) is 9.25. The van der Waals surface area contributed by atoms with Crippen LogP contribution >= 0.6 is 0 Å². The molecule has 0 bridgehead atoms. The van der Waals surface area contributed by atoms with E-state index >= 15 is 0 Å². The normalized spacial score (nSPS) is 25.6. The fourth-order valence-corrected chi connectivity index (χ4v) is 6.70. The number of carbonyl (C=O) groups is 2. The zero-order valence-electron chi connectivity index (χ0n) is 24.0. The molecule has 2 saturated carbocycles. The van der Waals surface area contributed by atoms with E-state index in [0.717, 1.165) is 49.9 Å². The van der Waals surface area contributed by atoms with Crippen molar-refractivity contribution in [2.24, 2.45) is 29.1 Å². The van der Waals surface area contributed by atoms with Crippen molar-refractivity contribution in [2.45, 2.75) is 117 Å². The van der Waals surface area contributed by atoms with Crippen LogP contribution in [-0.4, -0.2) is 36.9 Å². The summed E-state index contributed by atoms with van der Waals surface area (Å²) in [6.45, 7) is 13.4.